The van der Waals surface area contributed by atoms with Gasteiger partial charge in [0.25, 0.3) is 0 Å². The van der Waals surface area contributed by atoms with Crippen molar-refractivity contribution in [3.05, 3.63) is 59.1 Å². The Morgan fingerprint density at radius 2 is 1.90 bits per heavy atom. The lowest BCUT2D eigenvalue weighted by molar-refractivity contribution is 0.0513. The molecule has 0 spiro atoms. The molecule has 1 atom stereocenters. The van der Waals surface area contributed by atoms with Gasteiger partial charge in [0, 0.05) is 37.2 Å². The van der Waals surface area contributed by atoms with Gasteiger partial charge in [-0.3, -0.25) is 4.99 Å². The van der Waals surface area contributed by atoms with Crippen molar-refractivity contribution in [1.82, 2.24) is 10.6 Å². The number of nitrogens with one attached hydrogen (secondary N) is 2. The van der Waals surface area contributed by atoms with Crippen LogP contribution in [0.25, 0.3) is 0 Å². The summed E-state index contributed by atoms with van der Waals surface area (Å²) in [6.07, 6.45) is 1.80. The molecule has 0 radical (unpaired) electrons. The third-order valence-corrected chi connectivity index (χ3v) is 6.00. The van der Waals surface area contributed by atoms with E-state index < -0.39 is 0 Å². The van der Waals surface area contributed by atoms with Crippen LogP contribution in [-0.2, 0) is 10.2 Å². The lowest BCUT2D eigenvalue weighted by Gasteiger charge is -2.38. The molecule has 2 aliphatic heterocycles. The van der Waals surface area contributed by atoms with Gasteiger partial charge in [-0.1, -0.05) is 35.9 Å². The molecule has 2 N–H and O–H groups in total. The highest BCUT2D eigenvalue weighted by Crippen LogP contribution is 2.35. The second-order valence-corrected chi connectivity index (χ2v) is 8.14. The summed E-state index contributed by atoms with van der Waals surface area (Å²) in [6, 6.07) is 15.9. The van der Waals surface area contributed by atoms with Crippen LogP contribution in [0.3, 0.4) is 0 Å². The number of para-hydroxylation sites is 2. The molecular weight excluding hydrogens is 402 g/mol. The van der Waals surface area contributed by atoms with E-state index in [-0.39, 0.29) is 11.5 Å². The van der Waals surface area contributed by atoms with Crippen LogP contribution in [0.1, 0.15) is 18.4 Å². The summed E-state index contributed by atoms with van der Waals surface area (Å²) in [5.41, 5.74) is 1.20. The molecule has 1 fully saturated rings. The minimum atomic E-state index is -0.0802. The summed E-state index contributed by atoms with van der Waals surface area (Å²) < 4.78 is 17.4. The van der Waals surface area contributed by atoms with Crippen molar-refractivity contribution in [1.29, 1.82) is 0 Å². The Morgan fingerprint density at radius 1 is 1.10 bits per heavy atom. The molecule has 30 heavy (non-hydrogen) atoms. The maximum absolute atomic E-state index is 6.27. The van der Waals surface area contributed by atoms with Gasteiger partial charge in [-0.2, -0.15) is 0 Å². The molecule has 0 amide bonds. The summed E-state index contributed by atoms with van der Waals surface area (Å²) in [5.74, 6) is 2.31. The van der Waals surface area contributed by atoms with Crippen LogP contribution in [0.4, 0.5) is 0 Å². The number of nitrogens with zero attached hydrogens (tertiary/aromatic N) is 1. The van der Waals surface area contributed by atoms with Crippen LogP contribution in [0, 0.1) is 0 Å². The average molecular weight is 430 g/mol. The zero-order chi connectivity index (χ0) is 20.8. The first-order chi connectivity index (χ1) is 14.7. The highest BCUT2D eigenvalue weighted by atomic mass is 35.5. The fourth-order valence-electron chi connectivity index (χ4n) is 4.00. The molecule has 2 heterocycles. The molecule has 0 bridgehead atoms. The molecule has 160 valence electrons. The molecule has 2 aliphatic rings. The van der Waals surface area contributed by atoms with Gasteiger partial charge in [-0.05, 0) is 42.7 Å². The summed E-state index contributed by atoms with van der Waals surface area (Å²) in [5, 5.41) is 7.63. The van der Waals surface area contributed by atoms with Crippen LogP contribution in [0.5, 0.6) is 11.5 Å². The van der Waals surface area contributed by atoms with E-state index in [0.29, 0.717) is 13.2 Å². The van der Waals surface area contributed by atoms with E-state index in [9.17, 15) is 0 Å². The van der Waals surface area contributed by atoms with E-state index in [0.717, 1.165) is 55.1 Å². The fourth-order valence-corrected chi connectivity index (χ4v) is 4.19. The number of ether oxygens (including phenoxy) is 3. The number of halogens is 1. The van der Waals surface area contributed by atoms with Gasteiger partial charge in [-0.15, -0.1) is 0 Å². The van der Waals surface area contributed by atoms with E-state index in [4.69, 9.17) is 25.8 Å². The quantitative estimate of drug-likeness (QED) is 0.563. The van der Waals surface area contributed by atoms with Crippen molar-refractivity contribution in [2.24, 2.45) is 4.99 Å². The predicted molar refractivity (Wildman–Crippen MR) is 119 cm³/mol. The van der Waals surface area contributed by atoms with Crippen LogP contribution in [-0.4, -0.2) is 52.0 Å². The zero-order valence-corrected chi connectivity index (χ0v) is 18.0. The summed E-state index contributed by atoms with van der Waals surface area (Å²) >= 11 is 6.27. The highest BCUT2D eigenvalue weighted by Gasteiger charge is 2.35. The second-order valence-electron chi connectivity index (χ2n) is 7.71. The molecule has 2 aromatic carbocycles. The van der Waals surface area contributed by atoms with Gasteiger partial charge >= 0.3 is 0 Å². The van der Waals surface area contributed by atoms with Crippen molar-refractivity contribution < 1.29 is 14.2 Å². The van der Waals surface area contributed by atoms with Crippen molar-refractivity contribution >= 4 is 17.6 Å². The summed E-state index contributed by atoms with van der Waals surface area (Å²) in [6.45, 7) is 3.34. The maximum Gasteiger partial charge on any atom is 0.191 e. The first kappa shape index (κ1) is 20.8. The predicted octanol–water partition coefficient (Wildman–Crippen LogP) is 3.39. The third-order valence-electron chi connectivity index (χ3n) is 5.77. The largest absolute Gasteiger partial charge is 0.486 e. The normalized spacial score (nSPS) is 20.5. The topological polar surface area (TPSA) is 64.1 Å². The standard InChI is InChI=1S/C23H28ClN3O3/c1-25-22(26-14-19-15-29-20-7-2-3-8-21(20)30-19)27-16-23(9-11-28-12-10-23)17-5-4-6-18(24)13-17/h2-8,13,19H,9-12,14-16H2,1H3,(H2,25,26,27). The molecule has 4 rings (SSSR count). The summed E-state index contributed by atoms with van der Waals surface area (Å²) in [4.78, 5) is 4.38. The van der Waals surface area contributed by atoms with Crippen molar-refractivity contribution in [2.45, 2.75) is 24.4 Å². The molecule has 1 saturated heterocycles. The van der Waals surface area contributed by atoms with Crippen LogP contribution < -0.4 is 20.1 Å². The molecule has 0 aliphatic carbocycles. The number of guanidine groups is 1. The average Bonchev–Trinajstić information content (AvgIpc) is 2.79. The minimum Gasteiger partial charge on any atom is -0.486 e. The monoisotopic (exact) mass is 429 g/mol. The number of hydrogen-bond acceptors (Lipinski definition) is 4. The molecule has 0 saturated carbocycles. The second kappa shape index (κ2) is 9.58. The van der Waals surface area contributed by atoms with E-state index in [1.807, 2.05) is 36.4 Å². The maximum atomic E-state index is 6.27. The Balaban J connectivity index is 1.36. The SMILES string of the molecule is CN=C(NCC1COc2ccccc2O1)NCC1(c2cccc(Cl)c2)CCOCC1. The van der Waals surface area contributed by atoms with Gasteiger partial charge in [0.15, 0.2) is 17.5 Å². The van der Waals surface area contributed by atoms with Crippen LogP contribution in [0.2, 0.25) is 5.02 Å². The third kappa shape index (κ3) is 4.82. The Bertz CT molecular complexity index is 884. The Labute approximate surface area is 182 Å². The van der Waals surface area contributed by atoms with E-state index >= 15 is 0 Å². The van der Waals surface area contributed by atoms with Crippen molar-refractivity contribution in [3.8, 4) is 11.5 Å². The van der Waals surface area contributed by atoms with Gasteiger partial charge in [0.2, 0.25) is 0 Å². The smallest absolute Gasteiger partial charge is 0.191 e. The van der Waals surface area contributed by atoms with Gasteiger partial charge < -0.3 is 24.8 Å². The molecule has 2 aromatic rings. The molecule has 1 unspecified atom stereocenters. The number of hydrogen-bond donors (Lipinski definition) is 2. The fraction of sp³-hybridized carbons (Fsp3) is 0.435. The van der Waals surface area contributed by atoms with E-state index in [1.54, 1.807) is 7.05 Å². The zero-order valence-electron chi connectivity index (χ0n) is 17.2. The Kier molecular flexibility index (Phi) is 6.65. The molecule has 6 nitrogen and oxygen atoms in total. The Morgan fingerprint density at radius 3 is 2.67 bits per heavy atom. The number of aliphatic imine (C=N–C) groups is 1. The Hall–Kier alpha value is -2.44. The summed E-state index contributed by atoms with van der Waals surface area (Å²) in [7, 11) is 1.78. The highest BCUT2D eigenvalue weighted by molar-refractivity contribution is 6.30. The van der Waals surface area contributed by atoms with Crippen LogP contribution in [0.15, 0.2) is 53.5 Å². The number of rotatable bonds is 5. The van der Waals surface area contributed by atoms with Crippen molar-refractivity contribution in [2.75, 3.05) is 40.0 Å². The van der Waals surface area contributed by atoms with E-state index in [2.05, 4.69) is 27.8 Å². The number of fused-ring (bicyclic) bond motifs is 1. The minimum absolute atomic E-state index is 0.0375. The molecule has 0 aromatic heterocycles. The van der Waals surface area contributed by atoms with Gasteiger partial charge in [0.1, 0.15) is 12.7 Å². The van der Waals surface area contributed by atoms with Gasteiger partial charge in [-0.25, -0.2) is 0 Å². The van der Waals surface area contributed by atoms with Gasteiger partial charge in [0.05, 0.1) is 6.54 Å². The first-order valence-electron chi connectivity index (χ1n) is 10.4. The van der Waals surface area contributed by atoms with Crippen molar-refractivity contribution in [3.63, 3.8) is 0 Å². The lowest BCUT2D eigenvalue weighted by Crippen LogP contribution is -2.50. The van der Waals surface area contributed by atoms with Crippen LogP contribution >= 0.6 is 11.6 Å². The lowest BCUT2D eigenvalue weighted by atomic mass is 9.74. The number of benzene rings is 2. The first-order valence-corrected chi connectivity index (χ1v) is 10.7. The molecular formula is C23H28ClN3O3. The molecule has 7 heteroatoms. The van der Waals surface area contributed by atoms with E-state index in [1.165, 1.54) is 5.56 Å².